The molecule has 0 aromatic heterocycles. The van der Waals surface area contributed by atoms with Gasteiger partial charge in [0.15, 0.2) is 0 Å². The Morgan fingerprint density at radius 1 is 0.679 bits per heavy atom. The molecule has 0 unspecified atom stereocenters. The maximum Gasteiger partial charge on any atom is 0.134 e. The maximum atomic E-state index is 6.75. The van der Waals surface area contributed by atoms with Crippen LogP contribution in [0, 0.1) is 13.8 Å². The van der Waals surface area contributed by atoms with Gasteiger partial charge in [-0.05, 0) is 50.7 Å². The topological polar surface area (TPSA) is 9.23 Å². The van der Waals surface area contributed by atoms with Crippen LogP contribution in [-0.4, -0.2) is 0 Å². The molecule has 0 saturated carbocycles. The van der Waals surface area contributed by atoms with E-state index >= 15 is 0 Å². The van der Waals surface area contributed by atoms with Gasteiger partial charge in [0.05, 0.1) is 0 Å². The molecule has 1 aliphatic heterocycles. The fraction of sp³-hybridized carbons (Fsp3) is 0.556. The van der Waals surface area contributed by atoms with Gasteiger partial charge in [-0.3, -0.25) is 0 Å². The summed E-state index contributed by atoms with van der Waals surface area (Å²) in [4.78, 5) is 0. The first-order chi connectivity index (χ1) is 13.4. The second-order valence-corrected chi connectivity index (χ2v) is 9.24. The van der Waals surface area contributed by atoms with Gasteiger partial charge in [-0.15, -0.1) is 0 Å². The number of aryl methyl sites for hydroxylation is 4. The van der Waals surface area contributed by atoms with Crippen molar-refractivity contribution in [3.63, 3.8) is 0 Å². The van der Waals surface area contributed by atoms with Gasteiger partial charge >= 0.3 is 0 Å². The smallest absolute Gasteiger partial charge is 0.134 e. The molecule has 0 radical (unpaired) electrons. The highest BCUT2D eigenvalue weighted by atomic mass is 16.5. The van der Waals surface area contributed by atoms with Crippen molar-refractivity contribution in [2.24, 2.45) is 0 Å². The summed E-state index contributed by atoms with van der Waals surface area (Å²) in [6.07, 6.45) is 9.77. The van der Waals surface area contributed by atoms with Crippen LogP contribution in [0.15, 0.2) is 24.3 Å². The molecule has 1 aliphatic rings. The Morgan fingerprint density at radius 2 is 1.11 bits per heavy atom. The van der Waals surface area contributed by atoms with Gasteiger partial charge in [0.2, 0.25) is 0 Å². The molecule has 0 amide bonds. The van der Waals surface area contributed by atoms with Crippen LogP contribution in [0.2, 0.25) is 0 Å². The number of hydrogen-bond donors (Lipinski definition) is 0. The number of fused-ring (bicyclic) bond motifs is 2. The molecule has 1 nitrogen and oxygen atoms in total. The van der Waals surface area contributed by atoms with Crippen molar-refractivity contribution in [1.29, 1.82) is 0 Å². The predicted octanol–water partition coefficient (Wildman–Crippen LogP) is 8.20. The highest BCUT2D eigenvalue weighted by Crippen LogP contribution is 2.51. The van der Waals surface area contributed by atoms with Crippen LogP contribution in [-0.2, 0) is 18.3 Å². The third-order valence-corrected chi connectivity index (χ3v) is 6.27. The molecule has 2 aromatic carbocycles. The SMILES string of the molecule is CCCCCc1cc(C)cc2c1Oc1c(CCCCC)cc(C)cc1C2(C)C. The number of ether oxygens (including phenoxy) is 1. The first kappa shape index (κ1) is 21.0. The lowest BCUT2D eigenvalue weighted by atomic mass is 9.73. The van der Waals surface area contributed by atoms with Gasteiger partial charge in [0, 0.05) is 16.5 Å². The van der Waals surface area contributed by atoms with Crippen LogP contribution in [0.1, 0.15) is 99.6 Å². The van der Waals surface area contributed by atoms with Gasteiger partial charge in [-0.1, -0.05) is 88.8 Å². The van der Waals surface area contributed by atoms with Crippen LogP contribution in [0.3, 0.4) is 0 Å². The Bertz CT molecular complexity index is 761. The summed E-state index contributed by atoms with van der Waals surface area (Å²) in [6, 6.07) is 9.39. The molecule has 28 heavy (non-hydrogen) atoms. The van der Waals surface area contributed by atoms with E-state index in [2.05, 4.69) is 65.8 Å². The average molecular weight is 379 g/mol. The minimum Gasteiger partial charge on any atom is -0.456 e. The maximum absolute atomic E-state index is 6.75. The van der Waals surface area contributed by atoms with Crippen LogP contribution >= 0.6 is 0 Å². The molecule has 1 heterocycles. The molecule has 0 atom stereocenters. The van der Waals surface area contributed by atoms with Crippen molar-refractivity contribution in [3.05, 3.63) is 57.6 Å². The lowest BCUT2D eigenvalue weighted by Crippen LogP contribution is -2.26. The Balaban J connectivity index is 2.07. The molecule has 0 fully saturated rings. The molecule has 1 heteroatoms. The zero-order valence-corrected chi connectivity index (χ0v) is 18.9. The standard InChI is InChI=1S/C27H38O/c1-7-9-11-13-21-15-19(3)17-23-25(21)28-26-22(14-12-10-8-2)16-20(4)18-24(26)27(23,5)6/h15-18H,7-14H2,1-6H3. The van der Waals surface area contributed by atoms with E-state index in [0.717, 1.165) is 24.3 Å². The largest absolute Gasteiger partial charge is 0.456 e. The molecule has 0 aliphatic carbocycles. The summed E-state index contributed by atoms with van der Waals surface area (Å²) < 4.78 is 6.75. The molecule has 0 saturated heterocycles. The molecule has 2 aromatic rings. The first-order valence-corrected chi connectivity index (χ1v) is 11.3. The summed E-state index contributed by atoms with van der Waals surface area (Å²) in [5.74, 6) is 2.28. The predicted molar refractivity (Wildman–Crippen MR) is 121 cm³/mol. The van der Waals surface area contributed by atoms with Crippen molar-refractivity contribution >= 4 is 0 Å². The van der Waals surface area contributed by atoms with Gasteiger partial charge in [-0.2, -0.15) is 0 Å². The van der Waals surface area contributed by atoms with E-state index in [-0.39, 0.29) is 5.41 Å². The number of unbranched alkanes of at least 4 members (excludes halogenated alkanes) is 4. The lowest BCUT2D eigenvalue weighted by molar-refractivity contribution is 0.406. The Hall–Kier alpha value is -1.76. The summed E-state index contributed by atoms with van der Waals surface area (Å²) in [6.45, 7) is 13.7. The normalized spacial score (nSPS) is 14.4. The lowest BCUT2D eigenvalue weighted by Gasteiger charge is -2.37. The molecular formula is C27H38O. The molecule has 0 spiro atoms. The molecule has 152 valence electrons. The Morgan fingerprint density at radius 3 is 1.50 bits per heavy atom. The molecule has 3 rings (SSSR count). The van der Waals surface area contributed by atoms with Crippen LogP contribution < -0.4 is 4.74 Å². The molecule has 0 bridgehead atoms. The van der Waals surface area contributed by atoms with Crippen molar-refractivity contribution in [2.45, 2.75) is 98.3 Å². The van der Waals surface area contributed by atoms with Gasteiger partial charge in [0.1, 0.15) is 11.5 Å². The van der Waals surface area contributed by atoms with E-state index in [0.29, 0.717) is 0 Å². The average Bonchev–Trinajstić information content (AvgIpc) is 2.64. The van der Waals surface area contributed by atoms with Crippen molar-refractivity contribution in [3.8, 4) is 11.5 Å². The number of hydrogen-bond acceptors (Lipinski definition) is 1. The minimum atomic E-state index is -0.0278. The highest BCUT2D eigenvalue weighted by Gasteiger charge is 2.36. The van der Waals surface area contributed by atoms with E-state index in [4.69, 9.17) is 4.74 Å². The monoisotopic (exact) mass is 378 g/mol. The zero-order chi connectivity index (χ0) is 20.3. The zero-order valence-electron chi connectivity index (χ0n) is 18.9. The number of benzene rings is 2. The van der Waals surface area contributed by atoms with Crippen molar-refractivity contribution in [2.75, 3.05) is 0 Å². The van der Waals surface area contributed by atoms with Gasteiger partial charge < -0.3 is 4.74 Å². The van der Waals surface area contributed by atoms with E-state index in [1.165, 1.54) is 71.9 Å². The van der Waals surface area contributed by atoms with Crippen LogP contribution in [0.25, 0.3) is 0 Å². The molecular weight excluding hydrogens is 340 g/mol. The van der Waals surface area contributed by atoms with E-state index in [9.17, 15) is 0 Å². The second kappa shape index (κ2) is 8.72. The van der Waals surface area contributed by atoms with E-state index in [1.54, 1.807) is 0 Å². The summed E-state index contributed by atoms with van der Waals surface area (Å²) in [5.41, 5.74) is 8.17. The quantitative estimate of drug-likeness (QED) is 0.421. The fourth-order valence-corrected chi connectivity index (χ4v) is 4.62. The van der Waals surface area contributed by atoms with E-state index < -0.39 is 0 Å². The summed E-state index contributed by atoms with van der Waals surface area (Å²) in [5, 5.41) is 0. The Labute approximate surface area is 172 Å². The van der Waals surface area contributed by atoms with Gasteiger partial charge in [-0.25, -0.2) is 0 Å². The Kier molecular flexibility index (Phi) is 6.53. The van der Waals surface area contributed by atoms with Gasteiger partial charge in [0.25, 0.3) is 0 Å². The highest BCUT2D eigenvalue weighted by molar-refractivity contribution is 5.63. The van der Waals surface area contributed by atoms with Crippen LogP contribution in [0.4, 0.5) is 0 Å². The first-order valence-electron chi connectivity index (χ1n) is 11.3. The molecule has 0 N–H and O–H groups in total. The third-order valence-electron chi connectivity index (χ3n) is 6.27. The second-order valence-electron chi connectivity index (χ2n) is 9.24. The minimum absolute atomic E-state index is 0.0278. The fourth-order valence-electron chi connectivity index (χ4n) is 4.62. The van der Waals surface area contributed by atoms with Crippen LogP contribution in [0.5, 0.6) is 11.5 Å². The summed E-state index contributed by atoms with van der Waals surface area (Å²) >= 11 is 0. The number of rotatable bonds is 8. The van der Waals surface area contributed by atoms with E-state index in [1.807, 2.05) is 0 Å². The summed E-state index contributed by atoms with van der Waals surface area (Å²) in [7, 11) is 0. The van der Waals surface area contributed by atoms with Crippen molar-refractivity contribution < 1.29 is 4.74 Å². The van der Waals surface area contributed by atoms with Crippen molar-refractivity contribution in [1.82, 2.24) is 0 Å². The third kappa shape index (κ3) is 4.14.